The molecule has 30 heavy (non-hydrogen) atoms. The van der Waals surface area contributed by atoms with Crippen molar-refractivity contribution in [3.8, 4) is 0 Å². The summed E-state index contributed by atoms with van der Waals surface area (Å²) in [4.78, 5) is 16.3. The first-order chi connectivity index (χ1) is 14.0. The van der Waals surface area contributed by atoms with Crippen molar-refractivity contribution in [1.29, 1.82) is 0 Å². The zero-order chi connectivity index (χ0) is 21.7. The van der Waals surface area contributed by atoms with E-state index in [4.69, 9.17) is 5.73 Å². The van der Waals surface area contributed by atoms with Crippen LogP contribution >= 0.6 is 11.3 Å². The molecule has 0 amide bonds. The first-order valence-electron chi connectivity index (χ1n) is 10.7. The number of hydrogen-bond donors (Lipinski definition) is 3. The Morgan fingerprint density at radius 1 is 1.33 bits per heavy atom. The number of halogens is 1. The lowest BCUT2D eigenvalue weighted by Gasteiger charge is -2.62. The molecule has 0 spiro atoms. The second-order valence-corrected chi connectivity index (χ2v) is 11.1. The molecule has 5 rings (SSSR count). The van der Waals surface area contributed by atoms with E-state index in [-0.39, 0.29) is 24.0 Å². The van der Waals surface area contributed by atoms with E-state index >= 15 is 4.39 Å². The van der Waals surface area contributed by atoms with Crippen LogP contribution in [0.15, 0.2) is 29.2 Å². The summed E-state index contributed by atoms with van der Waals surface area (Å²) in [6.45, 7) is 5.78. The Morgan fingerprint density at radius 3 is 2.73 bits per heavy atom. The molecule has 5 nitrogen and oxygen atoms in total. The van der Waals surface area contributed by atoms with Crippen LogP contribution in [0, 0.1) is 28.6 Å². The second-order valence-electron chi connectivity index (χ2n) is 10.2. The SMILES string of the molecule is CC1CC2C3CCC4=CC(=O)C=CC4(C)C3(F)C(O)CC2(C)C1(O)c1csc(N)n1. The molecule has 0 aliphatic heterocycles. The van der Waals surface area contributed by atoms with Gasteiger partial charge in [-0.05, 0) is 56.6 Å². The van der Waals surface area contributed by atoms with Gasteiger partial charge in [0.2, 0.25) is 0 Å². The number of rotatable bonds is 1. The standard InChI is InChI=1S/C23H29FN2O3S/c1-12-8-16-15-5-4-13-9-14(27)6-7-20(13,2)22(15,24)18(28)10-21(16,3)23(12,29)17-11-30-19(25)26-17/h6-7,9,11-12,15-16,18,28-29H,4-5,8,10H2,1-3H3,(H2,25,26). The average Bonchev–Trinajstić information content (AvgIpc) is 3.20. The lowest BCUT2D eigenvalue weighted by Crippen LogP contribution is -2.68. The van der Waals surface area contributed by atoms with Crippen molar-refractivity contribution in [2.24, 2.45) is 28.6 Å². The second kappa shape index (κ2) is 6.02. The van der Waals surface area contributed by atoms with Gasteiger partial charge in [0.1, 0.15) is 5.60 Å². The predicted molar refractivity (Wildman–Crippen MR) is 113 cm³/mol. The topological polar surface area (TPSA) is 96.4 Å². The predicted octanol–water partition coefficient (Wildman–Crippen LogP) is 3.53. The Hall–Kier alpha value is -1.57. The third-order valence-corrected chi connectivity index (χ3v) is 9.81. The summed E-state index contributed by atoms with van der Waals surface area (Å²) in [6, 6.07) is 0. The summed E-state index contributed by atoms with van der Waals surface area (Å²) in [5.74, 6) is -0.793. The van der Waals surface area contributed by atoms with Crippen molar-refractivity contribution < 1.29 is 19.4 Å². The fourth-order valence-electron chi connectivity index (χ4n) is 7.55. The molecule has 4 N–H and O–H groups in total. The first-order valence-corrected chi connectivity index (χ1v) is 11.6. The van der Waals surface area contributed by atoms with E-state index in [0.717, 1.165) is 5.57 Å². The van der Waals surface area contributed by atoms with Crippen molar-refractivity contribution in [1.82, 2.24) is 4.98 Å². The Kier molecular flexibility index (Phi) is 4.08. The third-order valence-electron chi connectivity index (χ3n) is 9.13. The molecule has 162 valence electrons. The molecule has 7 heteroatoms. The zero-order valence-electron chi connectivity index (χ0n) is 17.6. The van der Waals surface area contributed by atoms with Gasteiger partial charge in [-0.15, -0.1) is 11.3 Å². The lowest BCUT2D eigenvalue weighted by molar-refractivity contribution is -0.223. The Morgan fingerprint density at radius 2 is 2.07 bits per heavy atom. The maximum atomic E-state index is 17.1. The molecule has 1 aromatic heterocycles. The Bertz CT molecular complexity index is 991. The molecule has 4 aliphatic carbocycles. The van der Waals surface area contributed by atoms with E-state index < -0.39 is 34.1 Å². The molecule has 0 aromatic carbocycles. The molecule has 1 heterocycles. The number of ketones is 1. The summed E-state index contributed by atoms with van der Waals surface area (Å²) < 4.78 is 17.1. The number of allylic oxidation sites excluding steroid dienone is 4. The highest BCUT2D eigenvalue weighted by atomic mass is 32.1. The van der Waals surface area contributed by atoms with Crippen molar-refractivity contribution in [3.63, 3.8) is 0 Å². The van der Waals surface area contributed by atoms with E-state index in [1.54, 1.807) is 17.5 Å². The van der Waals surface area contributed by atoms with Gasteiger partial charge >= 0.3 is 0 Å². The van der Waals surface area contributed by atoms with Gasteiger partial charge in [-0.2, -0.15) is 0 Å². The fourth-order valence-corrected chi connectivity index (χ4v) is 8.17. The van der Waals surface area contributed by atoms with Gasteiger partial charge in [0, 0.05) is 22.1 Å². The van der Waals surface area contributed by atoms with Gasteiger partial charge in [-0.3, -0.25) is 4.79 Å². The summed E-state index contributed by atoms with van der Waals surface area (Å²) >= 11 is 1.29. The van der Waals surface area contributed by atoms with E-state index in [9.17, 15) is 15.0 Å². The number of nitrogens with zero attached hydrogens (tertiary/aromatic N) is 1. The van der Waals surface area contributed by atoms with E-state index in [1.807, 2.05) is 20.8 Å². The van der Waals surface area contributed by atoms with Crippen LogP contribution in [-0.4, -0.2) is 32.8 Å². The fraction of sp³-hybridized carbons (Fsp3) is 0.652. The van der Waals surface area contributed by atoms with Crippen LogP contribution in [0.5, 0.6) is 0 Å². The van der Waals surface area contributed by atoms with E-state index in [2.05, 4.69) is 4.98 Å². The number of thiazole rings is 1. The Balaban J connectivity index is 1.63. The zero-order valence-corrected chi connectivity index (χ0v) is 18.4. The van der Waals surface area contributed by atoms with Crippen LogP contribution in [0.2, 0.25) is 0 Å². The number of hydrogen-bond acceptors (Lipinski definition) is 6. The third kappa shape index (κ3) is 2.14. The molecule has 0 radical (unpaired) electrons. The van der Waals surface area contributed by atoms with Crippen LogP contribution in [0.4, 0.5) is 9.52 Å². The van der Waals surface area contributed by atoms with Crippen LogP contribution in [0.1, 0.15) is 52.1 Å². The van der Waals surface area contributed by atoms with Gasteiger partial charge in [-0.1, -0.05) is 25.5 Å². The monoisotopic (exact) mass is 432 g/mol. The van der Waals surface area contributed by atoms with E-state index in [0.29, 0.717) is 30.1 Å². The maximum Gasteiger partial charge on any atom is 0.180 e. The molecule has 4 aliphatic rings. The average molecular weight is 433 g/mol. The summed E-state index contributed by atoms with van der Waals surface area (Å²) in [7, 11) is 0. The van der Waals surface area contributed by atoms with Gasteiger partial charge in [0.15, 0.2) is 16.6 Å². The molecule has 0 bridgehead atoms. The molecule has 1 aromatic rings. The van der Waals surface area contributed by atoms with Crippen LogP contribution in [-0.2, 0) is 10.4 Å². The van der Waals surface area contributed by atoms with Crippen molar-refractivity contribution >= 4 is 22.3 Å². The number of fused-ring (bicyclic) bond motifs is 5. The summed E-state index contributed by atoms with van der Waals surface area (Å²) in [5, 5.41) is 25.5. The summed E-state index contributed by atoms with van der Waals surface area (Å²) in [5.41, 5.74) is 2.27. The molecular weight excluding hydrogens is 403 g/mol. The van der Waals surface area contributed by atoms with E-state index in [1.165, 1.54) is 17.4 Å². The first kappa shape index (κ1) is 20.3. The van der Waals surface area contributed by atoms with Gasteiger partial charge in [0.05, 0.1) is 11.8 Å². The van der Waals surface area contributed by atoms with Gasteiger partial charge in [0.25, 0.3) is 0 Å². The normalized spacial score (nSPS) is 49.9. The lowest BCUT2D eigenvalue weighted by atomic mass is 9.44. The highest BCUT2D eigenvalue weighted by Gasteiger charge is 2.74. The molecular formula is C23H29FN2O3S. The number of nitrogen functional groups attached to an aromatic ring is 1. The minimum Gasteiger partial charge on any atom is -0.390 e. The quantitative estimate of drug-likeness (QED) is 0.631. The largest absolute Gasteiger partial charge is 0.390 e. The summed E-state index contributed by atoms with van der Waals surface area (Å²) in [6.07, 6.45) is 5.34. The minimum atomic E-state index is -1.88. The molecule has 3 fully saturated rings. The van der Waals surface area contributed by atoms with Gasteiger partial charge in [-0.25, -0.2) is 9.37 Å². The highest BCUT2D eigenvalue weighted by molar-refractivity contribution is 7.13. The number of aliphatic hydroxyl groups is 2. The molecule has 0 saturated heterocycles. The van der Waals surface area contributed by atoms with Crippen LogP contribution < -0.4 is 5.73 Å². The molecule has 8 atom stereocenters. The number of aromatic nitrogens is 1. The number of aliphatic hydroxyl groups excluding tert-OH is 1. The number of anilines is 1. The maximum absolute atomic E-state index is 17.1. The number of carbonyl (C=O) groups excluding carboxylic acids is 1. The van der Waals surface area contributed by atoms with Crippen LogP contribution in [0.25, 0.3) is 0 Å². The number of nitrogens with two attached hydrogens (primary N) is 1. The van der Waals surface area contributed by atoms with Gasteiger partial charge < -0.3 is 15.9 Å². The van der Waals surface area contributed by atoms with Crippen LogP contribution in [0.3, 0.4) is 0 Å². The smallest absolute Gasteiger partial charge is 0.180 e. The molecule has 3 saturated carbocycles. The Labute approximate surface area is 179 Å². The minimum absolute atomic E-state index is 0.113. The number of carbonyl (C=O) groups is 1. The number of alkyl halides is 1. The highest BCUT2D eigenvalue weighted by Crippen LogP contribution is 2.72. The van der Waals surface area contributed by atoms with Crippen molar-refractivity contribution in [2.45, 2.75) is 63.8 Å². The molecule has 8 unspecified atom stereocenters. The van der Waals surface area contributed by atoms with Crippen molar-refractivity contribution in [3.05, 3.63) is 34.9 Å². The van der Waals surface area contributed by atoms with Crippen molar-refractivity contribution in [2.75, 3.05) is 5.73 Å².